The van der Waals surface area contributed by atoms with Crippen molar-refractivity contribution in [2.45, 2.75) is 37.6 Å². The van der Waals surface area contributed by atoms with E-state index in [1.54, 1.807) is 0 Å². The first-order chi connectivity index (χ1) is 8.15. The van der Waals surface area contributed by atoms with E-state index in [1.807, 2.05) is 18.2 Å². The molecule has 90 valence electrons. The van der Waals surface area contributed by atoms with Crippen molar-refractivity contribution >= 4 is 27.0 Å². The zero-order chi connectivity index (χ0) is 11.9. The number of fused-ring (bicyclic) bond motifs is 1. The summed E-state index contributed by atoms with van der Waals surface area (Å²) in [5.41, 5.74) is 7.97. The summed E-state index contributed by atoms with van der Waals surface area (Å²) in [5, 5.41) is 0. The van der Waals surface area contributed by atoms with Gasteiger partial charge in [-0.2, -0.15) is 0 Å². The summed E-state index contributed by atoms with van der Waals surface area (Å²) in [6.45, 7) is 0. The van der Waals surface area contributed by atoms with Gasteiger partial charge in [0.25, 0.3) is 0 Å². The first kappa shape index (κ1) is 11.2. The molecule has 1 aliphatic carbocycles. The number of benzene rings is 1. The van der Waals surface area contributed by atoms with Crippen LogP contribution in [-0.4, -0.2) is 10.5 Å². The molecule has 1 heterocycles. The fraction of sp³-hybridized carbons (Fsp3) is 0.462. The molecule has 3 nitrogen and oxygen atoms in total. The third kappa shape index (κ3) is 2.24. The molecule has 1 aliphatic rings. The molecular formula is C13H15BrN2O. The molecule has 2 aromatic rings. The molecule has 17 heavy (non-hydrogen) atoms. The van der Waals surface area contributed by atoms with Crippen LogP contribution >= 0.6 is 15.9 Å². The molecule has 1 aromatic carbocycles. The lowest BCUT2D eigenvalue weighted by Gasteiger charge is -2.20. The van der Waals surface area contributed by atoms with Crippen LogP contribution in [0, 0.1) is 0 Å². The second-order valence-corrected chi connectivity index (χ2v) is 5.88. The van der Waals surface area contributed by atoms with Crippen LogP contribution in [0.25, 0.3) is 11.1 Å². The van der Waals surface area contributed by atoms with Crippen molar-refractivity contribution in [3.8, 4) is 0 Å². The van der Waals surface area contributed by atoms with Gasteiger partial charge in [-0.25, -0.2) is 4.98 Å². The minimum absolute atomic E-state index is 0.0991. The maximum Gasteiger partial charge on any atom is 0.197 e. The smallest absolute Gasteiger partial charge is 0.197 e. The number of hydrogen-bond donors (Lipinski definition) is 1. The van der Waals surface area contributed by atoms with Crippen molar-refractivity contribution in [2.24, 2.45) is 5.73 Å². The van der Waals surface area contributed by atoms with Crippen molar-refractivity contribution in [2.75, 3.05) is 0 Å². The first-order valence-electron chi connectivity index (χ1n) is 5.99. The van der Waals surface area contributed by atoms with E-state index in [2.05, 4.69) is 20.9 Å². The Bertz CT molecular complexity index is 543. The van der Waals surface area contributed by atoms with Crippen molar-refractivity contribution < 1.29 is 4.42 Å². The summed E-state index contributed by atoms with van der Waals surface area (Å²) >= 11 is 3.43. The van der Waals surface area contributed by atoms with Crippen molar-refractivity contribution in [3.63, 3.8) is 0 Å². The van der Waals surface area contributed by atoms with Crippen molar-refractivity contribution in [1.82, 2.24) is 4.98 Å². The summed E-state index contributed by atoms with van der Waals surface area (Å²) in [4.78, 5) is 4.51. The molecule has 0 radical (unpaired) electrons. The molecule has 3 rings (SSSR count). The fourth-order valence-corrected chi connectivity index (χ4v) is 2.93. The SMILES string of the molecule is NC1(Cc2nc3cc(Br)ccc3o2)CCCC1. The van der Waals surface area contributed by atoms with Gasteiger partial charge in [0.1, 0.15) is 5.52 Å². The maximum absolute atomic E-state index is 6.33. The molecule has 0 aliphatic heterocycles. The molecule has 0 amide bonds. The Morgan fingerprint density at radius 1 is 1.35 bits per heavy atom. The van der Waals surface area contributed by atoms with E-state index in [1.165, 1.54) is 12.8 Å². The number of aromatic nitrogens is 1. The fourth-order valence-electron chi connectivity index (χ4n) is 2.58. The third-order valence-corrected chi connectivity index (χ3v) is 3.99. The Hall–Kier alpha value is -0.870. The van der Waals surface area contributed by atoms with Gasteiger partial charge in [0.2, 0.25) is 0 Å². The molecular weight excluding hydrogens is 280 g/mol. The molecule has 4 heteroatoms. The van der Waals surface area contributed by atoms with Gasteiger partial charge in [-0.05, 0) is 31.0 Å². The lowest BCUT2D eigenvalue weighted by Crippen LogP contribution is -2.38. The van der Waals surface area contributed by atoms with Crippen LogP contribution in [0.1, 0.15) is 31.6 Å². The number of rotatable bonds is 2. The van der Waals surface area contributed by atoms with E-state index in [0.29, 0.717) is 0 Å². The van der Waals surface area contributed by atoms with Crippen molar-refractivity contribution in [3.05, 3.63) is 28.6 Å². The summed E-state index contributed by atoms with van der Waals surface area (Å²) in [6, 6.07) is 5.87. The van der Waals surface area contributed by atoms with Gasteiger partial charge in [0.15, 0.2) is 11.5 Å². The quantitative estimate of drug-likeness (QED) is 0.923. The van der Waals surface area contributed by atoms with Gasteiger partial charge < -0.3 is 10.2 Å². The van der Waals surface area contributed by atoms with E-state index in [0.717, 1.165) is 40.7 Å². The number of nitrogens with zero attached hydrogens (tertiary/aromatic N) is 1. The van der Waals surface area contributed by atoms with Crippen LogP contribution in [0.2, 0.25) is 0 Å². The minimum atomic E-state index is -0.0991. The van der Waals surface area contributed by atoms with Gasteiger partial charge in [0, 0.05) is 16.4 Å². The second kappa shape index (κ2) is 4.10. The van der Waals surface area contributed by atoms with Crippen LogP contribution < -0.4 is 5.73 Å². The standard InChI is InChI=1S/C13H15BrN2O/c14-9-3-4-11-10(7-9)16-12(17-11)8-13(15)5-1-2-6-13/h3-4,7H,1-2,5-6,8,15H2. The van der Waals surface area contributed by atoms with Gasteiger partial charge in [-0.3, -0.25) is 0 Å². The topological polar surface area (TPSA) is 52.0 Å². The lowest BCUT2D eigenvalue weighted by atomic mass is 9.95. The van der Waals surface area contributed by atoms with Crippen molar-refractivity contribution in [1.29, 1.82) is 0 Å². The highest BCUT2D eigenvalue weighted by atomic mass is 79.9. The highest BCUT2D eigenvalue weighted by molar-refractivity contribution is 9.10. The Balaban J connectivity index is 1.90. The molecule has 0 atom stereocenters. The molecule has 0 bridgehead atoms. The zero-order valence-corrected chi connectivity index (χ0v) is 11.2. The summed E-state index contributed by atoms with van der Waals surface area (Å²) in [6.07, 6.45) is 5.36. The van der Waals surface area contributed by atoms with Crippen LogP contribution in [0.3, 0.4) is 0 Å². The monoisotopic (exact) mass is 294 g/mol. The largest absolute Gasteiger partial charge is 0.441 e. The highest BCUT2D eigenvalue weighted by Crippen LogP contribution is 2.31. The Labute approximate surface area is 109 Å². The normalized spacial score (nSPS) is 18.9. The maximum atomic E-state index is 6.33. The van der Waals surface area contributed by atoms with E-state index < -0.39 is 0 Å². The highest BCUT2D eigenvalue weighted by Gasteiger charge is 2.31. The molecule has 0 spiro atoms. The van der Waals surface area contributed by atoms with Crippen LogP contribution in [-0.2, 0) is 6.42 Å². The average molecular weight is 295 g/mol. The molecule has 1 aromatic heterocycles. The minimum Gasteiger partial charge on any atom is -0.441 e. The van der Waals surface area contributed by atoms with Crippen LogP contribution in [0.5, 0.6) is 0 Å². The Morgan fingerprint density at radius 2 is 2.12 bits per heavy atom. The Morgan fingerprint density at radius 3 is 2.88 bits per heavy atom. The van der Waals surface area contributed by atoms with Gasteiger partial charge in [-0.1, -0.05) is 28.8 Å². The first-order valence-corrected chi connectivity index (χ1v) is 6.78. The van der Waals surface area contributed by atoms with Gasteiger partial charge >= 0.3 is 0 Å². The predicted molar refractivity (Wildman–Crippen MR) is 70.8 cm³/mol. The molecule has 0 saturated heterocycles. The van der Waals surface area contributed by atoms with Gasteiger partial charge in [-0.15, -0.1) is 0 Å². The van der Waals surface area contributed by atoms with Gasteiger partial charge in [0.05, 0.1) is 0 Å². The summed E-state index contributed by atoms with van der Waals surface area (Å²) in [7, 11) is 0. The molecule has 2 N–H and O–H groups in total. The second-order valence-electron chi connectivity index (χ2n) is 4.97. The van der Waals surface area contributed by atoms with E-state index >= 15 is 0 Å². The molecule has 1 saturated carbocycles. The predicted octanol–water partition coefficient (Wildman–Crippen LogP) is 3.40. The number of halogens is 1. The Kier molecular flexibility index (Phi) is 2.71. The van der Waals surface area contributed by atoms with E-state index in [9.17, 15) is 0 Å². The lowest BCUT2D eigenvalue weighted by molar-refractivity contribution is 0.385. The van der Waals surface area contributed by atoms with E-state index in [-0.39, 0.29) is 5.54 Å². The average Bonchev–Trinajstić information content (AvgIpc) is 2.84. The number of oxazole rings is 1. The zero-order valence-electron chi connectivity index (χ0n) is 9.58. The summed E-state index contributed by atoms with van der Waals surface area (Å²) in [5.74, 6) is 0.766. The molecule has 0 unspecified atom stereocenters. The van der Waals surface area contributed by atoms with Crippen LogP contribution in [0.4, 0.5) is 0 Å². The number of nitrogens with two attached hydrogens (primary N) is 1. The van der Waals surface area contributed by atoms with E-state index in [4.69, 9.17) is 10.2 Å². The summed E-state index contributed by atoms with van der Waals surface area (Å²) < 4.78 is 6.76. The molecule has 1 fully saturated rings. The van der Waals surface area contributed by atoms with Crippen LogP contribution in [0.15, 0.2) is 27.1 Å². The number of hydrogen-bond acceptors (Lipinski definition) is 3. The third-order valence-electron chi connectivity index (χ3n) is 3.50.